The smallest absolute Gasteiger partial charge is 0.321 e. The van der Waals surface area contributed by atoms with Crippen LogP contribution >= 0.6 is 0 Å². The highest BCUT2D eigenvalue weighted by atomic mass is 16.5. The summed E-state index contributed by atoms with van der Waals surface area (Å²) in [6.45, 7) is 3.07. The summed E-state index contributed by atoms with van der Waals surface area (Å²) in [4.78, 5) is 46.2. The van der Waals surface area contributed by atoms with E-state index < -0.39 is 5.41 Å². The Labute approximate surface area is 228 Å². The molecule has 2 unspecified atom stereocenters. The summed E-state index contributed by atoms with van der Waals surface area (Å²) in [6.07, 6.45) is 3.22. The lowest BCUT2D eigenvalue weighted by molar-refractivity contribution is -0.149. The maximum absolute atomic E-state index is 13.9. The van der Waals surface area contributed by atoms with Gasteiger partial charge in [-0.15, -0.1) is 0 Å². The molecule has 3 atom stereocenters. The number of pyridine rings is 1. The maximum atomic E-state index is 13.9. The Kier molecular flexibility index (Phi) is 7.63. The van der Waals surface area contributed by atoms with Gasteiger partial charge >= 0.3 is 5.97 Å². The number of benzene rings is 2. The van der Waals surface area contributed by atoms with E-state index in [4.69, 9.17) is 9.47 Å². The molecule has 3 aromatic rings. The lowest BCUT2D eigenvalue weighted by atomic mass is 9.63. The first-order valence-corrected chi connectivity index (χ1v) is 13.4. The second-order valence-electron chi connectivity index (χ2n) is 9.97. The highest BCUT2D eigenvalue weighted by molar-refractivity contribution is 5.96. The van der Waals surface area contributed by atoms with E-state index in [2.05, 4.69) is 10.3 Å². The van der Waals surface area contributed by atoms with Crippen LogP contribution in [0.25, 0.3) is 0 Å². The number of carbonyl (C=O) groups is 3. The molecule has 1 saturated heterocycles. The molecule has 8 heteroatoms. The van der Waals surface area contributed by atoms with Crippen molar-refractivity contribution in [3.05, 3.63) is 95.2 Å². The van der Waals surface area contributed by atoms with Crippen LogP contribution in [0.15, 0.2) is 72.9 Å². The monoisotopic (exact) mass is 527 g/mol. The molecular formula is C31H33N3O5. The van der Waals surface area contributed by atoms with Crippen LogP contribution in [0.4, 0.5) is 0 Å². The van der Waals surface area contributed by atoms with Crippen LogP contribution in [0.5, 0.6) is 5.88 Å². The number of methoxy groups -OCH3 is 1. The zero-order valence-electron chi connectivity index (χ0n) is 22.3. The Balaban J connectivity index is 1.37. The molecule has 1 aliphatic heterocycles. The summed E-state index contributed by atoms with van der Waals surface area (Å²) in [7, 11) is 1.48. The number of likely N-dealkylation sites (tertiary alicyclic amines) is 1. The molecule has 2 aliphatic rings. The number of fused-ring (bicyclic) bond motifs is 1. The third-order valence-electron chi connectivity index (χ3n) is 7.84. The van der Waals surface area contributed by atoms with Crippen molar-refractivity contribution in [1.82, 2.24) is 15.2 Å². The number of nitrogens with one attached hydrogen (secondary N) is 1. The van der Waals surface area contributed by atoms with Gasteiger partial charge in [0.15, 0.2) is 0 Å². The Hall–Kier alpha value is -4.20. The zero-order chi connectivity index (χ0) is 27.4. The van der Waals surface area contributed by atoms with E-state index in [1.165, 1.54) is 7.11 Å². The van der Waals surface area contributed by atoms with E-state index in [9.17, 15) is 14.4 Å². The van der Waals surface area contributed by atoms with Crippen LogP contribution in [-0.4, -0.2) is 60.5 Å². The first-order chi connectivity index (χ1) is 19.0. The average molecular weight is 528 g/mol. The van der Waals surface area contributed by atoms with Crippen LogP contribution in [-0.2, 0) is 19.7 Å². The lowest BCUT2D eigenvalue weighted by Gasteiger charge is -2.41. The Morgan fingerprint density at radius 1 is 1.03 bits per heavy atom. The van der Waals surface area contributed by atoms with Crippen molar-refractivity contribution in [3.63, 3.8) is 0 Å². The van der Waals surface area contributed by atoms with E-state index in [1.54, 1.807) is 18.3 Å². The van der Waals surface area contributed by atoms with Crippen LogP contribution in [0.2, 0.25) is 0 Å². The summed E-state index contributed by atoms with van der Waals surface area (Å²) >= 11 is 0. The molecule has 1 fully saturated rings. The number of rotatable bonds is 7. The molecule has 5 rings (SSSR count). The number of amides is 2. The average Bonchev–Trinajstić information content (AvgIpc) is 3.45. The number of aromatic nitrogens is 1. The van der Waals surface area contributed by atoms with E-state index in [-0.39, 0.29) is 42.2 Å². The van der Waals surface area contributed by atoms with Crippen LogP contribution < -0.4 is 10.1 Å². The van der Waals surface area contributed by atoms with Gasteiger partial charge in [-0.05, 0) is 55.0 Å². The van der Waals surface area contributed by atoms with Crippen LogP contribution in [0, 0.1) is 0 Å². The number of nitrogens with zero attached hydrogens (tertiary/aromatic N) is 2. The van der Waals surface area contributed by atoms with Gasteiger partial charge in [0.2, 0.25) is 11.8 Å². The quantitative estimate of drug-likeness (QED) is 0.469. The van der Waals surface area contributed by atoms with Gasteiger partial charge in [0.05, 0.1) is 19.6 Å². The molecule has 2 heterocycles. The fraction of sp³-hybridized carbons (Fsp3) is 0.355. The van der Waals surface area contributed by atoms with Crippen LogP contribution in [0.1, 0.15) is 59.2 Å². The fourth-order valence-corrected chi connectivity index (χ4v) is 5.99. The molecular weight excluding hydrogens is 494 g/mol. The maximum Gasteiger partial charge on any atom is 0.321 e. The third-order valence-corrected chi connectivity index (χ3v) is 7.84. The normalized spacial score (nSPS) is 22.1. The van der Waals surface area contributed by atoms with E-state index in [0.717, 1.165) is 16.7 Å². The highest BCUT2D eigenvalue weighted by Gasteiger charge is 2.50. The van der Waals surface area contributed by atoms with Crippen molar-refractivity contribution in [2.24, 2.45) is 0 Å². The van der Waals surface area contributed by atoms with Crippen molar-refractivity contribution in [2.75, 3.05) is 26.8 Å². The van der Waals surface area contributed by atoms with Crippen molar-refractivity contribution >= 4 is 17.8 Å². The molecule has 1 aromatic heterocycles. The molecule has 202 valence electrons. The van der Waals surface area contributed by atoms with Gasteiger partial charge in [0.1, 0.15) is 11.0 Å². The number of hydrogen-bond acceptors (Lipinski definition) is 6. The van der Waals surface area contributed by atoms with Crippen molar-refractivity contribution in [3.8, 4) is 5.88 Å². The first kappa shape index (κ1) is 26.4. The van der Waals surface area contributed by atoms with Gasteiger partial charge in [-0.25, -0.2) is 4.98 Å². The minimum Gasteiger partial charge on any atom is -0.480 e. The molecule has 2 aromatic carbocycles. The molecule has 0 saturated carbocycles. The zero-order valence-corrected chi connectivity index (χ0v) is 22.3. The topological polar surface area (TPSA) is 97.8 Å². The summed E-state index contributed by atoms with van der Waals surface area (Å²) < 4.78 is 10.8. The predicted molar refractivity (Wildman–Crippen MR) is 146 cm³/mol. The molecule has 1 N–H and O–H groups in total. The summed E-state index contributed by atoms with van der Waals surface area (Å²) in [5.41, 5.74) is 1.96. The number of esters is 1. The molecule has 0 radical (unpaired) electrons. The minimum absolute atomic E-state index is 0.0173. The molecule has 8 nitrogen and oxygen atoms in total. The fourth-order valence-electron chi connectivity index (χ4n) is 5.99. The van der Waals surface area contributed by atoms with Crippen molar-refractivity contribution in [1.29, 1.82) is 0 Å². The molecule has 39 heavy (non-hydrogen) atoms. The molecule has 1 aliphatic carbocycles. The summed E-state index contributed by atoms with van der Waals surface area (Å²) in [5.74, 6) is -0.652. The van der Waals surface area contributed by atoms with E-state index in [1.807, 2.05) is 66.4 Å². The molecule has 0 spiro atoms. The van der Waals surface area contributed by atoms with Gasteiger partial charge in [0.25, 0.3) is 5.91 Å². The minimum atomic E-state index is -0.963. The standard InChI is InChI=1S/C31H33N3O5/c1-3-39-30(37)31(21-10-5-4-6-11-21)17-15-24(23-12-7-8-14-26(23)31)29(36)34-19-16-22(20-34)33-27(35)25-13-9-18-32-28(25)38-2/h4-14,18,22,24H,3,15-17,19-20H2,1-2H3,(H,33,35)/t22?,24-,31?/m1/s1. The van der Waals surface area contributed by atoms with Crippen LogP contribution in [0.3, 0.4) is 0 Å². The Morgan fingerprint density at radius 2 is 1.79 bits per heavy atom. The van der Waals surface area contributed by atoms with Crippen molar-refractivity contribution < 1.29 is 23.9 Å². The second kappa shape index (κ2) is 11.3. The highest BCUT2D eigenvalue weighted by Crippen LogP contribution is 2.48. The van der Waals surface area contributed by atoms with E-state index in [0.29, 0.717) is 37.9 Å². The van der Waals surface area contributed by atoms with Gasteiger partial charge in [0, 0.05) is 25.3 Å². The number of ether oxygens (including phenoxy) is 2. The molecule has 2 amide bonds. The largest absolute Gasteiger partial charge is 0.480 e. The van der Waals surface area contributed by atoms with E-state index >= 15 is 0 Å². The predicted octanol–water partition coefficient (Wildman–Crippen LogP) is 3.85. The lowest BCUT2D eigenvalue weighted by Crippen LogP contribution is -2.45. The Morgan fingerprint density at radius 3 is 2.56 bits per heavy atom. The van der Waals surface area contributed by atoms with Gasteiger partial charge in [-0.3, -0.25) is 14.4 Å². The summed E-state index contributed by atoms with van der Waals surface area (Å²) in [6, 6.07) is 20.6. The van der Waals surface area contributed by atoms with Gasteiger partial charge < -0.3 is 19.7 Å². The SMILES string of the molecule is CCOC(=O)C1(c2ccccc2)CC[C@@H](C(=O)N2CCC(NC(=O)c3cccnc3OC)C2)c2ccccc21. The first-order valence-electron chi connectivity index (χ1n) is 13.4. The van der Waals surface area contributed by atoms with Gasteiger partial charge in [-0.1, -0.05) is 54.6 Å². The third kappa shape index (κ3) is 4.87. The number of carbonyl (C=O) groups excluding carboxylic acids is 3. The molecule has 0 bridgehead atoms. The number of hydrogen-bond donors (Lipinski definition) is 1. The van der Waals surface area contributed by atoms with Gasteiger partial charge in [-0.2, -0.15) is 0 Å². The Bertz CT molecular complexity index is 1360. The summed E-state index contributed by atoms with van der Waals surface area (Å²) in [5, 5.41) is 3.03. The second-order valence-corrected chi connectivity index (χ2v) is 9.97. The van der Waals surface area contributed by atoms with Crippen molar-refractivity contribution in [2.45, 2.75) is 43.6 Å².